The van der Waals surface area contributed by atoms with Gasteiger partial charge in [0.15, 0.2) is 0 Å². The molecular weight excluding hydrogens is 360 g/mol. The number of hydrogen-bond donors (Lipinski definition) is 0. The minimum Gasteiger partial charge on any atom is -0.0984 e. The van der Waals surface area contributed by atoms with Crippen molar-refractivity contribution in [3.63, 3.8) is 0 Å². The van der Waals surface area contributed by atoms with Gasteiger partial charge in [0.2, 0.25) is 0 Å². The summed E-state index contributed by atoms with van der Waals surface area (Å²) in [5, 5.41) is 0. The molecule has 7 unspecified atom stereocenters. The number of rotatable bonds is 3. The standard InChI is InChI=1S/C30H42/c1-5-9-22-11-12-23(20-21(22)6-2)26-15-16-27-25-14-13-24-10-7-8-18-29(24,3)28(25)17-19-30(26,27)4/h5-6,9,11-12,20,24-28H,2,7-8,10,13-19H2,1,3-4H3/b9-5-. The Bertz CT molecular complexity index is 830. The lowest BCUT2D eigenvalue weighted by Gasteiger charge is -2.60. The fourth-order valence-corrected chi connectivity index (χ4v) is 9.16. The average molecular weight is 403 g/mol. The zero-order chi connectivity index (χ0) is 20.9. The van der Waals surface area contributed by atoms with E-state index in [9.17, 15) is 0 Å². The quantitative estimate of drug-likeness (QED) is 0.473. The molecule has 0 aromatic heterocycles. The van der Waals surface area contributed by atoms with E-state index in [1.165, 1.54) is 75.3 Å². The van der Waals surface area contributed by atoms with Crippen LogP contribution >= 0.6 is 0 Å². The highest BCUT2D eigenvalue weighted by Gasteiger charge is 2.59. The van der Waals surface area contributed by atoms with Crippen LogP contribution in [0.15, 0.2) is 30.9 Å². The van der Waals surface area contributed by atoms with Crippen LogP contribution in [0, 0.1) is 34.5 Å². The van der Waals surface area contributed by atoms with E-state index in [1.54, 1.807) is 5.56 Å². The van der Waals surface area contributed by atoms with Crippen LogP contribution in [-0.4, -0.2) is 0 Å². The molecule has 4 aliphatic rings. The average Bonchev–Trinajstić information content (AvgIpc) is 3.11. The second-order valence-corrected chi connectivity index (χ2v) is 11.7. The predicted molar refractivity (Wildman–Crippen MR) is 130 cm³/mol. The number of hydrogen-bond acceptors (Lipinski definition) is 0. The highest BCUT2D eigenvalue weighted by atomic mass is 14.6. The Balaban J connectivity index is 1.44. The Morgan fingerprint density at radius 3 is 2.50 bits per heavy atom. The third-order valence-corrected chi connectivity index (χ3v) is 10.7. The van der Waals surface area contributed by atoms with E-state index in [0.717, 1.165) is 29.6 Å². The summed E-state index contributed by atoms with van der Waals surface area (Å²) in [5.41, 5.74) is 5.36. The normalized spacial score (nSPS) is 43.1. The second-order valence-electron chi connectivity index (χ2n) is 11.7. The minimum absolute atomic E-state index is 0.500. The summed E-state index contributed by atoms with van der Waals surface area (Å²) >= 11 is 0. The fourth-order valence-electron chi connectivity index (χ4n) is 9.16. The van der Waals surface area contributed by atoms with Crippen LogP contribution in [-0.2, 0) is 0 Å². The Labute approximate surface area is 185 Å². The van der Waals surface area contributed by atoms with Gasteiger partial charge in [0, 0.05) is 0 Å². The van der Waals surface area contributed by atoms with E-state index in [1.807, 2.05) is 0 Å². The highest BCUT2D eigenvalue weighted by Crippen LogP contribution is 2.69. The van der Waals surface area contributed by atoms with E-state index in [2.05, 4.69) is 63.8 Å². The Morgan fingerprint density at radius 1 is 0.867 bits per heavy atom. The lowest BCUT2D eigenvalue weighted by Crippen LogP contribution is -2.52. The molecular formula is C30H42. The van der Waals surface area contributed by atoms with Crippen LogP contribution in [0.4, 0.5) is 0 Å². The lowest BCUT2D eigenvalue weighted by atomic mass is 9.44. The first-order valence-corrected chi connectivity index (χ1v) is 12.9. The van der Waals surface area contributed by atoms with Crippen molar-refractivity contribution in [2.45, 2.75) is 90.9 Å². The first-order chi connectivity index (χ1) is 14.5. The molecule has 30 heavy (non-hydrogen) atoms. The summed E-state index contributed by atoms with van der Waals surface area (Å²) in [6.45, 7) is 11.6. The summed E-state index contributed by atoms with van der Waals surface area (Å²) in [6, 6.07) is 7.24. The summed E-state index contributed by atoms with van der Waals surface area (Å²) in [7, 11) is 0. The van der Waals surface area contributed by atoms with Gasteiger partial charge in [-0.05, 0) is 115 Å². The molecule has 1 aromatic carbocycles. The maximum atomic E-state index is 4.11. The molecule has 162 valence electrons. The van der Waals surface area contributed by atoms with E-state index in [0.29, 0.717) is 10.8 Å². The van der Waals surface area contributed by atoms with Crippen molar-refractivity contribution in [2.24, 2.45) is 34.5 Å². The molecule has 4 aliphatic carbocycles. The maximum absolute atomic E-state index is 4.11. The van der Waals surface area contributed by atoms with Gasteiger partial charge in [0.05, 0.1) is 0 Å². The summed E-state index contributed by atoms with van der Waals surface area (Å²) in [4.78, 5) is 0. The molecule has 0 spiro atoms. The predicted octanol–water partition coefficient (Wildman–Crippen LogP) is 8.88. The zero-order valence-corrected chi connectivity index (χ0v) is 19.6. The smallest absolute Gasteiger partial charge is 0.0105 e. The zero-order valence-electron chi connectivity index (χ0n) is 19.6. The van der Waals surface area contributed by atoms with Gasteiger partial charge < -0.3 is 0 Å². The molecule has 1 aromatic rings. The SMILES string of the molecule is C=Cc1cc(C2CCC3C4CCC5CCCCC5(C)C4CCC23C)ccc1/C=C\C. The van der Waals surface area contributed by atoms with Gasteiger partial charge >= 0.3 is 0 Å². The van der Waals surface area contributed by atoms with Gasteiger partial charge in [-0.3, -0.25) is 0 Å². The van der Waals surface area contributed by atoms with E-state index >= 15 is 0 Å². The van der Waals surface area contributed by atoms with Crippen molar-refractivity contribution in [1.82, 2.24) is 0 Å². The molecule has 0 heterocycles. The van der Waals surface area contributed by atoms with Gasteiger partial charge in [-0.25, -0.2) is 0 Å². The first-order valence-electron chi connectivity index (χ1n) is 12.9. The number of allylic oxidation sites excluding steroid dienone is 1. The molecule has 5 rings (SSSR count). The Hall–Kier alpha value is -1.30. The summed E-state index contributed by atoms with van der Waals surface area (Å²) < 4.78 is 0. The minimum atomic E-state index is 0.500. The molecule has 0 radical (unpaired) electrons. The number of fused-ring (bicyclic) bond motifs is 5. The molecule has 0 N–H and O–H groups in total. The van der Waals surface area contributed by atoms with Gasteiger partial charge in [-0.2, -0.15) is 0 Å². The Morgan fingerprint density at radius 2 is 1.70 bits per heavy atom. The van der Waals surface area contributed by atoms with Crippen molar-refractivity contribution in [2.75, 3.05) is 0 Å². The maximum Gasteiger partial charge on any atom is -0.0105 e. The van der Waals surface area contributed by atoms with Crippen LogP contribution in [0.1, 0.15) is 108 Å². The summed E-state index contributed by atoms with van der Waals surface area (Å²) in [5.74, 6) is 4.72. The van der Waals surface area contributed by atoms with Crippen LogP contribution < -0.4 is 0 Å². The van der Waals surface area contributed by atoms with Crippen LogP contribution in [0.2, 0.25) is 0 Å². The van der Waals surface area contributed by atoms with E-state index in [4.69, 9.17) is 0 Å². The first kappa shape index (κ1) is 20.6. The fraction of sp³-hybridized carbons (Fsp3) is 0.667. The molecule has 0 nitrogen and oxygen atoms in total. The molecule has 7 atom stereocenters. The van der Waals surface area contributed by atoms with Crippen LogP contribution in [0.5, 0.6) is 0 Å². The molecule has 0 bridgehead atoms. The van der Waals surface area contributed by atoms with E-state index in [-0.39, 0.29) is 0 Å². The highest BCUT2D eigenvalue weighted by molar-refractivity contribution is 5.65. The lowest BCUT2D eigenvalue weighted by molar-refractivity contribution is -0.105. The molecule has 4 fully saturated rings. The van der Waals surface area contributed by atoms with Gasteiger partial charge in [0.1, 0.15) is 0 Å². The van der Waals surface area contributed by atoms with Crippen LogP contribution in [0.3, 0.4) is 0 Å². The van der Waals surface area contributed by atoms with Crippen molar-refractivity contribution >= 4 is 12.2 Å². The molecule has 0 saturated heterocycles. The van der Waals surface area contributed by atoms with Crippen molar-refractivity contribution in [3.05, 3.63) is 47.5 Å². The van der Waals surface area contributed by atoms with Crippen molar-refractivity contribution in [1.29, 1.82) is 0 Å². The third kappa shape index (κ3) is 3.00. The van der Waals surface area contributed by atoms with Crippen LogP contribution in [0.25, 0.3) is 12.2 Å². The monoisotopic (exact) mass is 402 g/mol. The molecule has 0 aliphatic heterocycles. The molecule has 4 saturated carbocycles. The number of benzene rings is 1. The van der Waals surface area contributed by atoms with Crippen molar-refractivity contribution in [3.8, 4) is 0 Å². The summed E-state index contributed by atoms with van der Waals surface area (Å²) in [6.07, 6.45) is 21.3. The molecule has 0 amide bonds. The van der Waals surface area contributed by atoms with Gasteiger partial charge in [-0.15, -0.1) is 0 Å². The van der Waals surface area contributed by atoms with Gasteiger partial charge in [-0.1, -0.05) is 69.7 Å². The molecule has 0 heteroatoms. The topological polar surface area (TPSA) is 0 Å². The van der Waals surface area contributed by atoms with Gasteiger partial charge in [0.25, 0.3) is 0 Å². The second kappa shape index (κ2) is 7.68. The Kier molecular flexibility index (Phi) is 5.27. The van der Waals surface area contributed by atoms with Crippen molar-refractivity contribution < 1.29 is 0 Å². The van der Waals surface area contributed by atoms with E-state index < -0.39 is 0 Å². The third-order valence-electron chi connectivity index (χ3n) is 10.7. The largest absolute Gasteiger partial charge is 0.0984 e.